The maximum absolute atomic E-state index is 11.4. The Bertz CT molecular complexity index is 394. The molecular weight excluding hydrogens is 232 g/mol. The van der Waals surface area contributed by atoms with Crippen molar-refractivity contribution in [2.75, 3.05) is 20.8 Å². The second kappa shape index (κ2) is 7.42. The number of ether oxygens (including phenoxy) is 2. The van der Waals surface area contributed by atoms with Crippen LogP contribution in [0.15, 0.2) is 18.2 Å². The molecule has 0 aliphatic carbocycles. The third-order valence-electron chi connectivity index (χ3n) is 2.44. The molecule has 1 aromatic carbocycles. The van der Waals surface area contributed by atoms with Crippen molar-refractivity contribution >= 4 is 6.03 Å². The van der Waals surface area contributed by atoms with Gasteiger partial charge in [0.1, 0.15) is 0 Å². The SMILES string of the molecule is CCCNC(=O)NCc1ccc(OC)c(OC)c1. The molecule has 0 bridgehead atoms. The zero-order valence-corrected chi connectivity index (χ0v) is 11.1. The molecule has 0 atom stereocenters. The number of carbonyl (C=O) groups is 1. The molecule has 0 saturated carbocycles. The van der Waals surface area contributed by atoms with Gasteiger partial charge in [0.25, 0.3) is 0 Å². The summed E-state index contributed by atoms with van der Waals surface area (Å²) in [7, 11) is 3.18. The van der Waals surface area contributed by atoms with E-state index < -0.39 is 0 Å². The van der Waals surface area contributed by atoms with Gasteiger partial charge in [-0.3, -0.25) is 0 Å². The fourth-order valence-corrected chi connectivity index (χ4v) is 1.47. The first-order valence-corrected chi connectivity index (χ1v) is 5.93. The second-order valence-electron chi connectivity index (χ2n) is 3.80. The maximum atomic E-state index is 11.4. The minimum Gasteiger partial charge on any atom is -0.493 e. The highest BCUT2D eigenvalue weighted by Crippen LogP contribution is 2.27. The number of hydrogen-bond acceptors (Lipinski definition) is 3. The summed E-state index contributed by atoms with van der Waals surface area (Å²) in [6.45, 7) is 3.14. The van der Waals surface area contributed by atoms with Crippen molar-refractivity contribution in [3.8, 4) is 11.5 Å². The number of carbonyl (C=O) groups excluding carboxylic acids is 1. The summed E-state index contributed by atoms with van der Waals surface area (Å²) in [5.74, 6) is 1.34. The van der Waals surface area contributed by atoms with Crippen LogP contribution in [-0.2, 0) is 6.54 Å². The zero-order valence-electron chi connectivity index (χ0n) is 11.1. The third kappa shape index (κ3) is 4.16. The summed E-state index contributed by atoms with van der Waals surface area (Å²) in [5, 5.41) is 5.52. The molecule has 0 aliphatic rings. The van der Waals surface area contributed by atoms with Crippen LogP contribution in [0.4, 0.5) is 4.79 Å². The molecule has 2 N–H and O–H groups in total. The fraction of sp³-hybridized carbons (Fsp3) is 0.462. The van der Waals surface area contributed by atoms with Crippen LogP contribution in [0.3, 0.4) is 0 Å². The van der Waals surface area contributed by atoms with E-state index in [1.165, 1.54) is 0 Å². The minimum atomic E-state index is -0.161. The monoisotopic (exact) mass is 252 g/mol. The smallest absolute Gasteiger partial charge is 0.315 e. The zero-order chi connectivity index (χ0) is 13.4. The highest BCUT2D eigenvalue weighted by molar-refractivity contribution is 5.73. The number of urea groups is 1. The van der Waals surface area contributed by atoms with Gasteiger partial charge in [0.2, 0.25) is 0 Å². The standard InChI is InChI=1S/C13H20N2O3/c1-4-7-14-13(16)15-9-10-5-6-11(17-2)12(8-10)18-3/h5-6,8H,4,7,9H2,1-3H3,(H2,14,15,16). The topological polar surface area (TPSA) is 59.6 Å². The Morgan fingerprint density at radius 1 is 1.17 bits per heavy atom. The van der Waals surface area contributed by atoms with Crippen LogP contribution < -0.4 is 20.1 Å². The van der Waals surface area contributed by atoms with Crippen LogP contribution in [0.25, 0.3) is 0 Å². The van der Waals surface area contributed by atoms with Crippen molar-refractivity contribution in [3.05, 3.63) is 23.8 Å². The molecular formula is C13H20N2O3. The molecule has 2 amide bonds. The molecule has 0 spiro atoms. The summed E-state index contributed by atoms with van der Waals surface area (Å²) in [5.41, 5.74) is 0.958. The molecule has 0 radical (unpaired) electrons. The summed E-state index contributed by atoms with van der Waals surface area (Å²) in [6.07, 6.45) is 0.920. The van der Waals surface area contributed by atoms with Gasteiger partial charge in [0.05, 0.1) is 14.2 Å². The third-order valence-corrected chi connectivity index (χ3v) is 2.44. The molecule has 0 aliphatic heterocycles. The van der Waals surface area contributed by atoms with Crippen LogP contribution in [-0.4, -0.2) is 26.8 Å². The number of hydrogen-bond donors (Lipinski definition) is 2. The average Bonchev–Trinajstić information content (AvgIpc) is 2.42. The summed E-state index contributed by atoms with van der Waals surface area (Å²) in [6, 6.07) is 5.40. The van der Waals surface area contributed by atoms with E-state index in [0.717, 1.165) is 12.0 Å². The number of nitrogens with one attached hydrogen (secondary N) is 2. The Labute approximate surface area is 107 Å². The first-order chi connectivity index (χ1) is 8.71. The minimum absolute atomic E-state index is 0.161. The quantitative estimate of drug-likeness (QED) is 0.813. The summed E-state index contributed by atoms with van der Waals surface area (Å²) < 4.78 is 10.3. The van der Waals surface area contributed by atoms with Gasteiger partial charge in [-0.2, -0.15) is 0 Å². The van der Waals surface area contributed by atoms with Crippen LogP contribution in [0.1, 0.15) is 18.9 Å². The lowest BCUT2D eigenvalue weighted by Gasteiger charge is -2.10. The van der Waals surface area contributed by atoms with E-state index >= 15 is 0 Å². The van der Waals surface area contributed by atoms with Gasteiger partial charge in [-0.25, -0.2) is 4.79 Å². The van der Waals surface area contributed by atoms with Crippen LogP contribution in [0.5, 0.6) is 11.5 Å². The van der Waals surface area contributed by atoms with Gasteiger partial charge in [0.15, 0.2) is 11.5 Å². The Hall–Kier alpha value is -1.91. The second-order valence-corrected chi connectivity index (χ2v) is 3.80. The Morgan fingerprint density at radius 2 is 1.89 bits per heavy atom. The predicted octanol–water partition coefficient (Wildman–Crippen LogP) is 1.91. The van der Waals surface area contributed by atoms with Crippen LogP contribution >= 0.6 is 0 Å². The highest BCUT2D eigenvalue weighted by atomic mass is 16.5. The van der Waals surface area contributed by atoms with Crippen molar-refractivity contribution in [3.63, 3.8) is 0 Å². The molecule has 1 aromatic rings. The maximum Gasteiger partial charge on any atom is 0.315 e. The summed E-state index contributed by atoms with van der Waals surface area (Å²) in [4.78, 5) is 11.4. The largest absolute Gasteiger partial charge is 0.493 e. The van der Waals surface area contributed by atoms with Crippen molar-refractivity contribution < 1.29 is 14.3 Å². The van der Waals surface area contributed by atoms with E-state index in [1.54, 1.807) is 14.2 Å². The highest BCUT2D eigenvalue weighted by Gasteiger charge is 2.05. The Morgan fingerprint density at radius 3 is 2.50 bits per heavy atom. The van der Waals surface area contributed by atoms with E-state index in [-0.39, 0.29) is 6.03 Å². The predicted molar refractivity (Wildman–Crippen MR) is 70.1 cm³/mol. The molecule has 0 fully saturated rings. The van der Waals surface area contributed by atoms with Gasteiger partial charge in [-0.05, 0) is 24.1 Å². The fourth-order valence-electron chi connectivity index (χ4n) is 1.47. The van der Waals surface area contributed by atoms with Crippen molar-refractivity contribution in [1.29, 1.82) is 0 Å². The van der Waals surface area contributed by atoms with E-state index in [2.05, 4.69) is 10.6 Å². The van der Waals surface area contributed by atoms with Gasteiger partial charge in [0, 0.05) is 13.1 Å². The number of benzene rings is 1. The lowest BCUT2D eigenvalue weighted by molar-refractivity contribution is 0.240. The lowest BCUT2D eigenvalue weighted by Crippen LogP contribution is -2.35. The van der Waals surface area contributed by atoms with Crippen LogP contribution in [0, 0.1) is 0 Å². The molecule has 0 saturated heterocycles. The average molecular weight is 252 g/mol. The number of methoxy groups -OCH3 is 2. The summed E-state index contributed by atoms with van der Waals surface area (Å²) >= 11 is 0. The first-order valence-electron chi connectivity index (χ1n) is 5.93. The molecule has 0 heterocycles. The number of amides is 2. The van der Waals surface area contributed by atoms with E-state index in [9.17, 15) is 4.79 Å². The molecule has 18 heavy (non-hydrogen) atoms. The normalized spacial score (nSPS) is 9.72. The van der Waals surface area contributed by atoms with Gasteiger partial charge >= 0.3 is 6.03 Å². The Balaban J connectivity index is 2.55. The molecule has 0 aromatic heterocycles. The first kappa shape index (κ1) is 14.2. The van der Waals surface area contributed by atoms with E-state index in [4.69, 9.17) is 9.47 Å². The van der Waals surface area contributed by atoms with Crippen molar-refractivity contribution in [2.24, 2.45) is 0 Å². The molecule has 5 heteroatoms. The van der Waals surface area contributed by atoms with Crippen molar-refractivity contribution in [1.82, 2.24) is 10.6 Å². The molecule has 100 valence electrons. The van der Waals surface area contributed by atoms with Gasteiger partial charge in [-0.1, -0.05) is 13.0 Å². The van der Waals surface area contributed by atoms with Gasteiger partial charge < -0.3 is 20.1 Å². The van der Waals surface area contributed by atoms with Gasteiger partial charge in [-0.15, -0.1) is 0 Å². The molecule has 1 rings (SSSR count). The molecule has 0 unspecified atom stereocenters. The van der Waals surface area contributed by atoms with E-state index in [1.807, 2.05) is 25.1 Å². The van der Waals surface area contributed by atoms with E-state index in [0.29, 0.717) is 24.6 Å². The Kier molecular flexibility index (Phi) is 5.84. The lowest BCUT2D eigenvalue weighted by atomic mass is 10.2. The van der Waals surface area contributed by atoms with Crippen LogP contribution in [0.2, 0.25) is 0 Å². The number of rotatable bonds is 6. The van der Waals surface area contributed by atoms with Crippen molar-refractivity contribution in [2.45, 2.75) is 19.9 Å². The molecule has 5 nitrogen and oxygen atoms in total.